The lowest BCUT2D eigenvalue weighted by atomic mass is 10.0. The number of sulfonamides is 1. The van der Waals surface area contributed by atoms with Crippen LogP contribution in [-0.2, 0) is 38.8 Å². The van der Waals surface area contributed by atoms with Crippen LogP contribution < -0.4 is 9.62 Å². The van der Waals surface area contributed by atoms with E-state index in [2.05, 4.69) is 5.32 Å². The van der Waals surface area contributed by atoms with Crippen molar-refractivity contribution in [1.82, 2.24) is 10.2 Å². The van der Waals surface area contributed by atoms with E-state index in [1.807, 2.05) is 0 Å². The smallest absolute Gasteiger partial charge is 0.357 e. The summed E-state index contributed by atoms with van der Waals surface area (Å²) in [6.45, 7) is -1.28. The van der Waals surface area contributed by atoms with Crippen molar-refractivity contribution in [3.8, 4) is 0 Å². The summed E-state index contributed by atoms with van der Waals surface area (Å²) in [7, 11) is -2.98. The number of nitrogens with one attached hydrogen (secondary N) is 1. The van der Waals surface area contributed by atoms with E-state index < -0.39 is 51.9 Å². The van der Waals surface area contributed by atoms with E-state index in [0.717, 1.165) is 17.2 Å². The van der Waals surface area contributed by atoms with E-state index in [-0.39, 0.29) is 33.6 Å². The van der Waals surface area contributed by atoms with Gasteiger partial charge < -0.3 is 10.2 Å². The zero-order chi connectivity index (χ0) is 30.5. The molecule has 0 unspecified atom stereocenters. The standard InChI is InChI=1S/C27H25Cl3F3N3O4S/c1-34-26(38)24(13-17-7-4-3-5-8-17)35(15-19-20(28)9-6-10-21(19)29)25(37)16-36(41(2,39)40)23-14-18(27(31,32)33)11-12-22(23)30/h3-12,14,24H,13,15-16H2,1-2H3,(H,34,38)/t24-/m1/s1. The quantitative estimate of drug-likeness (QED) is 0.300. The van der Waals surface area contributed by atoms with Crippen LogP contribution in [0.3, 0.4) is 0 Å². The van der Waals surface area contributed by atoms with Crippen molar-refractivity contribution in [3.05, 3.63) is 98.5 Å². The molecule has 0 spiro atoms. The molecule has 3 aromatic carbocycles. The Labute approximate surface area is 250 Å². The van der Waals surface area contributed by atoms with Crippen LogP contribution in [0.1, 0.15) is 16.7 Å². The summed E-state index contributed by atoms with van der Waals surface area (Å²) in [5.41, 5.74) is -0.739. The fourth-order valence-corrected chi connectivity index (χ4v) is 5.69. The van der Waals surface area contributed by atoms with Gasteiger partial charge in [0.15, 0.2) is 0 Å². The second kappa shape index (κ2) is 13.3. The third-order valence-corrected chi connectivity index (χ3v) is 8.28. The number of rotatable bonds is 10. The maximum atomic E-state index is 13.9. The van der Waals surface area contributed by atoms with Gasteiger partial charge in [0.2, 0.25) is 21.8 Å². The van der Waals surface area contributed by atoms with Gasteiger partial charge in [0.05, 0.1) is 22.5 Å². The van der Waals surface area contributed by atoms with Crippen LogP contribution in [0.5, 0.6) is 0 Å². The monoisotopic (exact) mass is 649 g/mol. The molecular weight excluding hydrogens is 626 g/mol. The van der Waals surface area contributed by atoms with E-state index in [9.17, 15) is 31.2 Å². The van der Waals surface area contributed by atoms with Crippen LogP contribution in [0.25, 0.3) is 0 Å². The first-order chi connectivity index (χ1) is 19.1. The van der Waals surface area contributed by atoms with Gasteiger partial charge >= 0.3 is 6.18 Å². The van der Waals surface area contributed by atoms with Gasteiger partial charge in [-0.25, -0.2) is 8.42 Å². The van der Waals surface area contributed by atoms with E-state index in [0.29, 0.717) is 22.0 Å². The Kier molecular flexibility index (Phi) is 10.6. The van der Waals surface area contributed by atoms with Crippen LogP contribution >= 0.6 is 34.8 Å². The number of nitrogens with zero attached hydrogens (tertiary/aromatic N) is 2. The van der Waals surface area contributed by atoms with Crippen molar-refractivity contribution in [2.75, 3.05) is 24.2 Å². The largest absolute Gasteiger partial charge is 0.416 e. The van der Waals surface area contributed by atoms with Crippen LogP contribution in [0.2, 0.25) is 15.1 Å². The highest BCUT2D eigenvalue weighted by molar-refractivity contribution is 7.92. The predicted molar refractivity (Wildman–Crippen MR) is 154 cm³/mol. The first-order valence-corrected chi connectivity index (χ1v) is 14.9. The average molecular weight is 651 g/mol. The maximum absolute atomic E-state index is 13.9. The number of anilines is 1. The van der Waals surface area contributed by atoms with Crippen molar-refractivity contribution in [1.29, 1.82) is 0 Å². The van der Waals surface area contributed by atoms with E-state index in [1.54, 1.807) is 36.4 Å². The van der Waals surface area contributed by atoms with Crippen LogP contribution in [0.15, 0.2) is 66.7 Å². The zero-order valence-corrected chi connectivity index (χ0v) is 24.8. The van der Waals surface area contributed by atoms with Crippen LogP contribution in [0, 0.1) is 0 Å². The number of benzene rings is 3. The summed E-state index contributed by atoms with van der Waals surface area (Å²) in [5.74, 6) is -1.49. The molecule has 7 nitrogen and oxygen atoms in total. The lowest BCUT2D eigenvalue weighted by Crippen LogP contribution is -2.53. The lowest BCUT2D eigenvalue weighted by Gasteiger charge is -2.33. The molecule has 14 heteroatoms. The van der Waals surface area contributed by atoms with Gasteiger partial charge in [-0.05, 0) is 35.9 Å². The number of hydrogen-bond donors (Lipinski definition) is 1. The summed E-state index contributed by atoms with van der Waals surface area (Å²) in [6, 6.07) is 14.3. The average Bonchev–Trinajstić information content (AvgIpc) is 2.90. The second-order valence-corrected chi connectivity index (χ2v) is 12.1. The summed E-state index contributed by atoms with van der Waals surface area (Å²) in [4.78, 5) is 28.2. The number of carbonyl (C=O) groups is 2. The zero-order valence-electron chi connectivity index (χ0n) is 21.8. The minimum atomic E-state index is -4.81. The number of likely N-dealkylation sites (N-methyl/N-ethyl adjacent to an activating group) is 1. The molecule has 3 aromatic rings. The summed E-state index contributed by atoms with van der Waals surface area (Å²) in [6.07, 6.45) is -4.05. The Balaban J connectivity index is 2.13. The third-order valence-electron chi connectivity index (χ3n) is 6.13. The molecule has 0 aromatic heterocycles. The molecule has 0 heterocycles. The molecule has 0 radical (unpaired) electrons. The fraction of sp³-hybridized carbons (Fsp3) is 0.259. The lowest BCUT2D eigenvalue weighted by molar-refractivity contribution is -0.139. The molecule has 0 aliphatic heterocycles. The Bertz CT molecular complexity index is 1500. The SMILES string of the molecule is CNC(=O)[C@@H](Cc1ccccc1)N(Cc1c(Cl)cccc1Cl)C(=O)CN(c1cc(C(F)(F)F)ccc1Cl)S(C)(=O)=O. The van der Waals surface area contributed by atoms with Crippen molar-refractivity contribution in [3.63, 3.8) is 0 Å². The highest BCUT2D eigenvalue weighted by atomic mass is 35.5. The maximum Gasteiger partial charge on any atom is 0.416 e. The predicted octanol–water partition coefficient (Wildman–Crippen LogP) is 5.82. The summed E-state index contributed by atoms with van der Waals surface area (Å²) in [5, 5.41) is 2.55. The van der Waals surface area contributed by atoms with Crippen LogP contribution in [0.4, 0.5) is 18.9 Å². The Morgan fingerprint density at radius 3 is 2.07 bits per heavy atom. The van der Waals surface area contributed by atoms with Gasteiger partial charge in [0, 0.05) is 35.6 Å². The summed E-state index contributed by atoms with van der Waals surface area (Å²) >= 11 is 18.8. The molecule has 220 valence electrons. The Morgan fingerprint density at radius 1 is 0.927 bits per heavy atom. The molecule has 0 aliphatic rings. The molecular formula is C27H25Cl3F3N3O4S. The fourth-order valence-electron chi connectivity index (χ4n) is 4.05. The molecule has 1 atom stereocenters. The molecule has 0 saturated carbocycles. The molecule has 2 amide bonds. The number of hydrogen-bond acceptors (Lipinski definition) is 4. The number of amides is 2. The van der Waals surface area contributed by atoms with Crippen molar-refractivity contribution in [2.45, 2.75) is 25.2 Å². The molecule has 41 heavy (non-hydrogen) atoms. The normalized spacial score (nSPS) is 12.5. The van der Waals surface area contributed by atoms with Gasteiger partial charge in [0.1, 0.15) is 12.6 Å². The second-order valence-electron chi connectivity index (χ2n) is 8.98. The Morgan fingerprint density at radius 2 is 1.54 bits per heavy atom. The van der Waals surface area contributed by atoms with Crippen molar-refractivity contribution in [2.24, 2.45) is 0 Å². The molecule has 0 saturated heterocycles. The molecule has 0 aliphatic carbocycles. The first kappa shape index (κ1) is 32.5. The minimum Gasteiger partial charge on any atom is -0.357 e. The highest BCUT2D eigenvalue weighted by Crippen LogP contribution is 2.36. The van der Waals surface area contributed by atoms with Crippen LogP contribution in [-0.4, -0.2) is 51.0 Å². The van der Waals surface area contributed by atoms with Gasteiger partial charge in [-0.2, -0.15) is 13.2 Å². The van der Waals surface area contributed by atoms with E-state index >= 15 is 0 Å². The molecule has 3 rings (SSSR count). The van der Waals surface area contributed by atoms with Crippen molar-refractivity contribution >= 4 is 62.3 Å². The van der Waals surface area contributed by atoms with Gasteiger partial charge in [0.25, 0.3) is 0 Å². The first-order valence-electron chi connectivity index (χ1n) is 12.0. The molecule has 1 N–H and O–H groups in total. The number of halogens is 6. The van der Waals surface area contributed by atoms with E-state index in [4.69, 9.17) is 34.8 Å². The highest BCUT2D eigenvalue weighted by Gasteiger charge is 2.36. The number of carbonyl (C=O) groups excluding carboxylic acids is 2. The summed E-state index contributed by atoms with van der Waals surface area (Å²) < 4.78 is 66.5. The minimum absolute atomic E-state index is 0.0253. The molecule has 0 fully saturated rings. The van der Waals surface area contributed by atoms with Gasteiger partial charge in [-0.3, -0.25) is 13.9 Å². The third kappa shape index (κ3) is 8.28. The molecule has 0 bridgehead atoms. The van der Waals surface area contributed by atoms with Crippen molar-refractivity contribution < 1.29 is 31.2 Å². The van der Waals surface area contributed by atoms with E-state index in [1.165, 1.54) is 19.2 Å². The number of alkyl halides is 3. The van der Waals surface area contributed by atoms with Gasteiger partial charge in [-0.1, -0.05) is 71.2 Å². The Hall–Kier alpha value is -2.99. The topological polar surface area (TPSA) is 86.8 Å². The van der Waals surface area contributed by atoms with Gasteiger partial charge in [-0.15, -0.1) is 0 Å².